The number of aryl methyl sites for hydroxylation is 2. The molecule has 3 aromatic rings. The van der Waals surface area contributed by atoms with E-state index in [9.17, 15) is 4.79 Å². The van der Waals surface area contributed by atoms with Crippen molar-refractivity contribution in [3.8, 4) is 10.8 Å². The van der Waals surface area contributed by atoms with Gasteiger partial charge in [0.2, 0.25) is 11.8 Å². The van der Waals surface area contributed by atoms with E-state index in [1.54, 1.807) is 11.3 Å². The van der Waals surface area contributed by atoms with Crippen molar-refractivity contribution < 1.29 is 9.21 Å². The standard InChI is InChI=1S/C17H19N3O2S/c1-11-6-7-13(20(11)3)10-18-16(21)9-14-12(2)22-17(19-14)15-5-4-8-23-15/h4-8H,9-10H2,1-3H3,(H,18,21). The third kappa shape index (κ3) is 3.37. The monoisotopic (exact) mass is 329 g/mol. The van der Waals surface area contributed by atoms with Crippen LogP contribution in [-0.4, -0.2) is 15.5 Å². The Bertz CT molecular complexity index is 815. The first-order valence-corrected chi connectivity index (χ1v) is 8.30. The highest BCUT2D eigenvalue weighted by Gasteiger charge is 2.15. The van der Waals surface area contributed by atoms with Gasteiger partial charge in [0, 0.05) is 18.4 Å². The number of oxazole rings is 1. The molecule has 3 heterocycles. The van der Waals surface area contributed by atoms with Gasteiger partial charge in [0.05, 0.1) is 23.5 Å². The van der Waals surface area contributed by atoms with Gasteiger partial charge in [0.1, 0.15) is 5.76 Å². The second kappa shape index (κ2) is 6.42. The minimum absolute atomic E-state index is 0.0574. The summed E-state index contributed by atoms with van der Waals surface area (Å²) in [6, 6.07) is 7.97. The highest BCUT2D eigenvalue weighted by Crippen LogP contribution is 2.26. The van der Waals surface area contributed by atoms with Crippen LogP contribution in [0.1, 0.15) is 22.8 Å². The fourth-order valence-electron chi connectivity index (χ4n) is 2.35. The summed E-state index contributed by atoms with van der Waals surface area (Å²) in [7, 11) is 1.99. The van der Waals surface area contributed by atoms with Crippen LogP contribution in [0, 0.1) is 13.8 Å². The molecule has 6 heteroatoms. The van der Waals surface area contributed by atoms with Crippen LogP contribution in [0.15, 0.2) is 34.1 Å². The van der Waals surface area contributed by atoms with Crippen LogP contribution in [0.5, 0.6) is 0 Å². The average Bonchev–Trinajstić information content (AvgIpc) is 3.22. The maximum atomic E-state index is 12.2. The fraction of sp³-hybridized carbons (Fsp3) is 0.294. The Hall–Kier alpha value is -2.34. The molecule has 0 saturated carbocycles. The molecule has 0 radical (unpaired) electrons. The summed E-state index contributed by atoms with van der Waals surface area (Å²) in [6.07, 6.45) is 0.226. The number of thiophene rings is 1. The highest BCUT2D eigenvalue weighted by atomic mass is 32.1. The van der Waals surface area contributed by atoms with Crippen LogP contribution >= 0.6 is 11.3 Å². The smallest absolute Gasteiger partial charge is 0.236 e. The molecule has 23 heavy (non-hydrogen) atoms. The van der Waals surface area contributed by atoms with E-state index in [-0.39, 0.29) is 12.3 Å². The molecule has 0 bridgehead atoms. The van der Waals surface area contributed by atoms with Gasteiger partial charge >= 0.3 is 0 Å². The predicted molar refractivity (Wildman–Crippen MR) is 90.3 cm³/mol. The number of carbonyl (C=O) groups is 1. The zero-order valence-electron chi connectivity index (χ0n) is 13.4. The lowest BCUT2D eigenvalue weighted by molar-refractivity contribution is -0.120. The van der Waals surface area contributed by atoms with Crippen molar-refractivity contribution in [1.29, 1.82) is 0 Å². The molecular weight excluding hydrogens is 310 g/mol. The number of hydrogen-bond acceptors (Lipinski definition) is 4. The molecule has 1 amide bonds. The third-order valence-electron chi connectivity index (χ3n) is 3.90. The summed E-state index contributed by atoms with van der Waals surface area (Å²) in [5.74, 6) is 1.22. The second-order valence-corrected chi connectivity index (χ2v) is 6.43. The summed E-state index contributed by atoms with van der Waals surface area (Å²) < 4.78 is 7.73. The lowest BCUT2D eigenvalue weighted by Crippen LogP contribution is -2.26. The van der Waals surface area contributed by atoms with Crippen molar-refractivity contribution in [3.63, 3.8) is 0 Å². The van der Waals surface area contributed by atoms with Crippen molar-refractivity contribution >= 4 is 17.2 Å². The van der Waals surface area contributed by atoms with Crippen LogP contribution in [0.3, 0.4) is 0 Å². The minimum atomic E-state index is -0.0574. The number of aromatic nitrogens is 2. The van der Waals surface area contributed by atoms with Gasteiger partial charge in [-0.2, -0.15) is 0 Å². The van der Waals surface area contributed by atoms with E-state index in [1.807, 2.05) is 50.5 Å². The molecular formula is C17H19N3O2S. The van der Waals surface area contributed by atoms with E-state index in [1.165, 1.54) is 5.69 Å². The SMILES string of the molecule is Cc1oc(-c2cccs2)nc1CC(=O)NCc1ccc(C)n1C. The van der Waals surface area contributed by atoms with Crippen LogP contribution in [0.2, 0.25) is 0 Å². The normalized spacial score (nSPS) is 10.9. The zero-order valence-corrected chi connectivity index (χ0v) is 14.2. The van der Waals surface area contributed by atoms with E-state index < -0.39 is 0 Å². The molecule has 0 fully saturated rings. The Morgan fingerprint density at radius 3 is 2.83 bits per heavy atom. The number of carbonyl (C=O) groups excluding carboxylic acids is 1. The van der Waals surface area contributed by atoms with Gasteiger partial charge in [0.25, 0.3) is 0 Å². The van der Waals surface area contributed by atoms with Crippen molar-refractivity contribution in [1.82, 2.24) is 14.9 Å². The predicted octanol–water partition coefficient (Wildman–Crippen LogP) is 3.22. The first-order valence-electron chi connectivity index (χ1n) is 7.42. The Morgan fingerprint density at radius 1 is 1.35 bits per heavy atom. The molecule has 0 atom stereocenters. The van der Waals surface area contributed by atoms with Gasteiger partial charge in [-0.25, -0.2) is 4.98 Å². The average molecular weight is 329 g/mol. The van der Waals surface area contributed by atoms with Gasteiger partial charge in [-0.1, -0.05) is 6.07 Å². The Morgan fingerprint density at radius 2 is 2.17 bits per heavy atom. The van der Waals surface area contributed by atoms with Crippen LogP contribution in [-0.2, 0) is 24.8 Å². The van der Waals surface area contributed by atoms with Gasteiger partial charge in [0.15, 0.2) is 0 Å². The molecule has 1 N–H and O–H groups in total. The van der Waals surface area contributed by atoms with Crippen molar-refractivity contribution in [3.05, 3.63) is 52.5 Å². The van der Waals surface area contributed by atoms with E-state index in [0.717, 1.165) is 10.6 Å². The molecule has 0 aromatic carbocycles. The minimum Gasteiger partial charge on any atom is -0.440 e. The summed E-state index contributed by atoms with van der Waals surface area (Å²) in [6.45, 7) is 4.39. The molecule has 120 valence electrons. The molecule has 0 aliphatic heterocycles. The Balaban J connectivity index is 1.63. The summed E-state index contributed by atoms with van der Waals surface area (Å²) in [5.41, 5.74) is 2.93. The molecule has 5 nitrogen and oxygen atoms in total. The molecule has 0 saturated heterocycles. The Labute approximate surface area is 139 Å². The number of amides is 1. The van der Waals surface area contributed by atoms with E-state index >= 15 is 0 Å². The first kappa shape index (κ1) is 15.6. The number of nitrogens with zero attached hydrogens (tertiary/aromatic N) is 2. The summed E-state index contributed by atoms with van der Waals surface area (Å²) >= 11 is 1.57. The van der Waals surface area contributed by atoms with Crippen molar-refractivity contribution in [2.45, 2.75) is 26.8 Å². The topological polar surface area (TPSA) is 60.1 Å². The van der Waals surface area contributed by atoms with Gasteiger partial charge in [-0.05, 0) is 37.4 Å². The van der Waals surface area contributed by atoms with Gasteiger partial charge in [-0.3, -0.25) is 4.79 Å². The molecule has 0 aliphatic rings. The number of rotatable bonds is 5. The van der Waals surface area contributed by atoms with E-state index in [0.29, 0.717) is 23.9 Å². The summed E-state index contributed by atoms with van der Waals surface area (Å²) in [4.78, 5) is 17.6. The fourth-order valence-corrected chi connectivity index (χ4v) is 2.99. The number of nitrogens with one attached hydrogen (secondary N) is 1. The second-order valence-electron chi connectivity index (χ2n) is 5.48. The van der Waals surface area contributed by atoms with Crippen LogP contribution < -0.4 is 5.32 Å². The molecule has 0 spiro atoms. The molecule has 0 aliphatic carbocycles. The van der Waals surface area contributed by atoms with Crippen LogP contribution in [0.25, 0.3) is 10.8 Å². The van der Waals surface area contributed by atoms with Crippen LogP contribution in [0.4, 0.5) is 0 Å². The lowest BCUT2D eigenvalue weighted by atomic mass is 10.2. The van der Waals surface area contributed by atoms with E-state index in [2.05, 4.69) is 14.9 Å². The molecule has 3 rings (SSSR count). The Kier molecular flexibility index (Phi) is 4.34. The summed E-state index contributed by atoms with van der Waals surface area (Å²) in [5, 5.41) is 4.91. The number of hydrogen-bond donors (Lipinski definition) is 1. The third-order valence-corrected chi connectivity index (χ3v) is 4.75. The maximum absolute atomic E-state index is 12.2. The van der Waals surface area contributed by atoms with Crippen molar-refractivity contribution in [2.24, 2.45) is 7.05 Å². The highest BCUT2D eigenvalue weighted by molar-refractivity contribution is 7.13. The maximum Gasteiger partial charge on any atom is 0.236 e. The first-order chi connectivity index (χ1) is 11.0. The lowest BCUT2D eigenvalue weighted by Gasteiger charge is -2.07. The molecule has 3 aromatic heterocycles. The van der Waals surface area contributed by atoms with Gasteiger partial charge in [-0.15, -0.1) is 11.3 Å². The quantitative estimate of drug-likeness (QED) is 0.782. The zero-order chi connectivity index (χ0) is 16.4. The van der Waals surface area contributed by atoms with Gasteiger partial charge < -0.3 is 14.3 Å². The largest absolute Gasteiger partial charge is 0.440 e. The molecule has 0 unspecified atom stereocenters. The van der Waals surface area contributed by atoms with Crippen molar-refractivity contribution in [2.75, 3.05) is 0 Å². The van der Waals surface area contributed by atoms with E-state index in [4.69, 9.17) is 4.42 Å².